The minimum atomic E-state index is -4.92. The average Bonchev–Trinajstić information content (AvgIpc) is 2.65. The summed E-state index contributed by atoms with van der Waals surface area (Å²) in [6.45, 7) is 1.95. The maximum atomic E-state index is 10.3. The van der Waals surface area contributed by atoms with Crippen LogP contribution >= 0.6 is 0 Å². The maximum absolute atomic E-state index is 10.3. The predicted molar refractivity (Wildman–Crippen MR) is 115 cm³/mol. The second-order valence-electron chi connectivity index (χ2n) is 6.79. The van der Waals surface area contributed by atoms with Crippen molar-refractivity contribution in [2.45, 2.75) is 96.5 Å². The molecule has 0 aliphatic carbocycles. The molecule has 0 aliphatic heterocycles. The minimum absolute atomic E-state index is 0. The quantitative estimate of drug-likeness (QED) is 0.0672. The van der Waals surface area contributed by atoms with Gasteiger partial charge in [0.25, 0.3) is 0 Å². The van der Waals surface area contributed by atoms with Gasteiger partial charge in [-0.1, -0.05) is 64.0 Å². The van der Waals surface area contributed by atoms with Crippen LogP contribution in [0.2, 0.25) is 0 Å². The van der Waals surface area contributed by atoms with Crippen molar-refractivity contribution < 1.29 is 72.3 Å². The molecule has 0 aromatic heterocycles. The van der Waals surface area contributed by atoms with Crippen molar-refractivity contribution in [3.63, 3.8) is 0 Å². The van der Waals surface area contributed by atoms with Crippen molar-refractivity contribution in [2.75, 3.05) is 13.2 Å². The third kappa shape index (κ3) is 58.8. The molecule has 0 aromatic rings. The number of hydrogen-bond donors (Lipinski definition) is 5. The van der Waals surface area contributed by atoms with E-state index in [-0.39, 0.29) is 48.9 Å². The molecule has 1 unspecified atom stereocenters. The smallest absolute Gasteiger partial charge is 0.726 e. The second kappa shape index (κ2) is 30.0. The van der Waals surface area contributed by atoms with Gasteiger partial charge in [0.05, 0.1) is 19.3 Å². The number of aliphatic hydroxyl groups is 3. The molecule has 182 valence electrons. The van der Waals surface area contributed by atoms with Gasteiger partial charge >= 0.3 is 35.5 Å². The van der Waals surface area contributed by atoms with Gasteiger partial charge in [-0.05, 0) is 32.1 Å². The Bertz CT molecular complexity index is 475. The molecule has 0 spiro atoms. The largest absolute Gasteiger partial charge is 1.00 e. The predicted octanol–water partition coefficient (Wildman–Crippen LogP) is 0.0589. The first kappa shape index (κ1) is 38.2. The zero-order chi connectivity index (χ0) is 23.7. The van der Waals surface area contributed by atoms with Gasteiger partial charge in [-0.3, -0.25) is 9.35 Å². The summed E-state index contributed by atoms with van der Waals surface area (Å²) in [6.07, 6.45) is 17.4. The van der Waals surface area contributed by atoms with Gasteiger partial charge in [-0.15, -0.1) is 0 Å². The molecule has 0 saturated heterocycles. The molecule has 5 N–H and O–H groups in total. The molecule has 0 radical (unpaired) electrons. The van der Waals surface area contributed by atoms with Crippen LogP contribution in [-0.2, 0) is 15.2 Å². The Labute approximate surface area is 209 Å². The molecule has 0 bridgehead atoms. The van der Waals surface area contributed by atoms with E-state index in [1.54, 1.807) is 0 Å². The number of rotatable bonds is 16. The van der Waals surface area contributed by atoms with E-state index >= 15 is 0 Å². The van der Waals surface area contributed by atoms with Crippen molar-refractivity contribution in [1.29, 1.82) is 0 Å². The van der Waals surface area contributed by atoms with Crippen molar-refractivity contribution in [3.05, 3.63) is 12.2 Å². The monoisotopic (exact) mass is 480 g/mol. The molecule has 9 nitrogen and oxygen atoms in total. The van der Waals surface area contributed by atoms with E-state index < -0.39 is 16.4 Å². The van der Waals surface area contributed by atoms with Gasteiger partial charge in [0.2, 0.25) is 10.4 Å². The summed E-state index contributed by atoms with van der Waals surface area (Å²) >= 11 is 0. The molecular formula is C20H41NaO9S. The molecule has 0 fully saturated rings. The van der Waals surface area contributed by atoms with Crippen molar-refractivity contribution >= 4 is 16.4 Å². The Morgan fingerprint density at radius 2 is 1.42 bits per heavy atom. The molecule has 0 aliphatic rings. The third-order valence-electron chi connectivity index (χ3n) is 3.83. The van der Waals surface area contributed by atoms with Crippen LogP contribution in [0.5, 0.6) is 0 Å². The number of unbranched alkanes of at least 4 members (excludes halogenated alkanes) is 8. The molecule has 11 heteroatoms. The number of carboxylic acid groups (broad SMARTS) is 1. The molecule has 1 atom stereocenters. The van der Waals surface area contributed by atoms with Gasteiger partial charge < -0.3 is 25.0 Å². The number of carbonyl (C=O) groups is 1. The van der Waals surface area contributed by atoms with Crippen LogP contribution in [0.25, 0.3) is 0 Å². The van der Waals surface area contributed by atoms with Crippen LogP contribution in [0.15, 0.2) is 12.2 Å². The molecule has 0 rings (SSSR count). The summed E-state index contributed by atoms with van der Waals surface area (Å²) in [6, 6.07) is 0. The third-order valence-corrected chi connectivity index (χ3v) is 3.83. The molecule has 0 heterocycles. The summed E-state index contributed by atoms with van der Waals surface area (Å²) < 4.78 is 32.8. The van der Waals surface area contributed by atoms with Crippen LogP contribution in [0.4, 0.5) is 0 Å². The fourth-order valence-corrected chi connectivity index (χ4v) is 2.36. The molecular weight excluding hydrogens is 439 g/mol. The first-order valence-corrected chi connectivity index (χ1v) is 11.9. The van der Waals surface area contributed by atoms with E-state index in [9.17, 15) is 9.90 Å². The van der Waals surface area contributed by atoms with Gasteiger partial charge in [-0.25, -0.2) is 8.42 Å². The standard InChI is InChI=1S/C18H34O3.C2H6O2.Na.H2O4S/c1-2-3-4-11-14-17(19)15-12-9-7-5-6-8-10-13-16-18(20)21;3-1-2-4;;1-5(2,3)4/h9,12,17,19H,2-8,10-11,13-16H2,1H3,(H,20,21);3-4H,1-2H2;;(H2,1,2,3,4)/q;;+1;/p-1/b12-9-;;;. The van der Waals surface area contributed by atoms with Crippen LogP contribution in [0.1, 0.15) is 90.4 Å². The Morgan fingerprint density at radius 3 is 1.90 bits per heavy atom. The van der Waals surface area contributed by atoms with Gasteiger partial charge in [-0.2, -0.15) is 0 Å². The summed E-state index contributed by atoms with van der Waals surface area (Å²) in [5.41, 5.74) is 0. The van der Waals surface area contributed by atoms with Crippen molar-refractivity contribution in [2.24, 2.45) is 0 Å². The molecule has 0 amide bonds. The fourth-order valence-electron chi connectivity index (χ4n) is 2.36. The zero-order valence-electron chi connectivity index (χ0n) is 19.1. The minimum Gasteiger partial charge on any atom is -0.726 e. The summed E-state index contributed by atoms with van der Waals surface area (Å²) in [7, 11) is -4.92. The second-order valence-corrected chi connectivity index (χ2v) is 7.64. The Kier molecular flexibility index (Phi) is 37.0. The van der Waals surface area contributed by atoms with E-state index in [4.69, 9.17) is 32.8 Å². The molecule has 0 aromatic carbocycles. The van der Waals surface area contributed by atoms with Crippen molar-refractivity contribution in [1.82, 2.24) is 0 Å². The van der Waals surface area contributed by atoms with Crippen LogP contribution < -0.4 is 29.6 Å². The molecule has 31 heavy (non-hydrogen) atoms. The first-order chi connectivity index (χ1) is 14.1. The van der Waals surface area contributed by atoms with Gasteiger partial charge in [0.15, 0.2) is 0 Å². The van der Waals surface area contributed by atoms with E-state index in [1.807, 2.05) is 0 Å². The van der Waals surface area contributed by atoms with E-state index in [1.165, 1.54) is 25.7 Å². The van der Waals surface area contributed by atoms with E-state index in [2.05, 4.69) is 19.1 Å². The van der Waals surface area contributed by atoms with Crippen LogP contribution in [0.3, 0.4) is 0 Å². The first-order valence-electron chi connectivity index (χ1n) is 10.5. The Morgan fingerprint density at radius 1 is 0.935 bits per heavy atom. The number of aliphatic carboxylic acids is 1. The number of allylic oxidation sites excluding steroid dienone is 1. The van der Waals surface area contributed by atoms with Crippen molar-refractivity contribution in [3.8, 4) is 0 Å². The fraction of sp³-hybridized carbons (Fsp3) is 0.850. The zero-order valence-corrected chi connectivity index (χ0v) is 21.9. The topological polar surface area (TPSA) is 175 Å². The summed E-state index contributed by atoms with van der Waals surface area (Å²) in [4.78, 5) is 10.3. The van der Waals surface area contributed by atoms with Gasteiger partial charge in [0.1, 0.15) is 0 Å². The maximum Gasteiger partial charge on any atom is 1.00 e. The Balaban J connectivity index is -0.000000306. The SMILES string of the molecule is CCCCCCC(O)C/C=C\CCCCCCCC(=O)O.O=S(=O)([O-])O.OCCO.[Na+]. The summed E-state index contributed by atoms with van der Waals surface area (Å²) in [5.74, 6) is -0.689. The van der Waals surface area contributed by atoms with E-state index in [0.29, 0.717) is 6.42 Å². The normalized spacial score (nSPS) is 11.5. The van der Waals surface area contributed by atoms with Crippen LogP contribution in [-0.4, -0.2) is 63.2 Å². The summed E-state index contributed by atoms with van der Waals surface area (Å²) in [5, 5.41) is 33.6. The Hall–Kier alpha value is -0.0400. The van der Waals surface area contributed by atoms with Gasteiger partial charge in [0, 0.05) is 6.42 Å². The number of aliphatic hydroxyl groups excluding tert-OH is 3. The average molecular weight is 481 g/mol. The number of carboxylic acids is 1. The number of hydrogen-bond acceptors (Lipinski definition) is 7. The van der Waals surface area contributed by atoms with E-state index in [0.717, 1.165) is 51.4 Å². The molecule has 0 saturated carbocycles. The van der Waals surface area contributed by atoms with Crippen LogP contribution in [0, 0.1) is 0 Å².